The molecule has 0 saturated carbocycles. The van der Waals surface area contributed by atoms with Gasteiger partial charge in [0.05, 0.1) is 21.3 Å². The van der Waals surface area contributed by atoms with Gasteiger partial charge in [-0.3, -0.25) is 4.79 Å². The van der Waals surface area contributed by atoms with Crippen LogP contribution in [0, 0.1) is 12.3 Å². The first-order chi connectivity index (χ1) is 12.1. The molecule has 148 valence electrons. The van der Waals surface area contributed by atoms with E-state index in [2.05, 4.69) is 5.32 Å². The van der Waals surface area contributed by atoms with E-state index in [-0.39, 0.29) is 5.91 Å². The molecule has 1 amide bonds. The van der Waals surface area contributed by atoms with Crippen LogP contribution >= 0.6 is 0 Å². The molecule has 1 atom stereocenters. The standard InChI is InChI=1S/C18H27NO5.C2H6/c1-11-8-14(22-5)15(23-6)10-12(11)9-13(16(20)24-7)19-17(21)18(2,3)4;1-2/h8,10,13H,9H2,1-7H3,(H,19,21);1-2H3. The fourth-order valence-electron chi connectivity index (χ4n) is 2.17. The predicted octanol–water partition coefficient (Wildman–Crippen LogP) is 3.28. The first kappa shape index (κ1) is 23.8. The van der Waals surface area contributed by atoms with Crippen LogP contribution in [0.3, 0.4) is 0 Å². The van der Waals surface area contributed by atoms with Crippen molar-refractivity contribution in [2.75, 3.05) is 21.3 Å². The molecule has 1 N–H and O–H groups in total. The van der Waals surface area contributed by atoms with Gasteiger partial charge >= 0.3 is 5.97 Å². The molecule has 0 heterocycles. The van der Waals surface area contributed by atoms with E-state index >= 15 is 0 Å². The minimum Gasteiger partial charge on any atom is -0.493 e. The Hall–Kier alpha value is -2.24. The number of hydrogen-bond donors (Lipinski definition) is 1. The van der Waals surface area contributed by atoms with Gasteiger partial charge in [0.1, 0.15) is 6.04 Å². The van der Waals surface area contributed by atoms with Gasteiger partial charge in [-0.05, 0) is 30.2 Å². The van der Waals surface area contributed by atoms with Gasteiger partial charge in [-0.1, -0.05) is 34.6 Å². The molecule has 0 radical (unpaired) electrons. The quantitative estimate of drug-likeness (QED) is 0.781. The highest BCUT2D eigenvalue weighted by Gasteiger charge is 2.29. The third-order valence-corrected chi connectivity index (χ3v) is 3.74. The fourth-order valence-corrected chi connectivity index (χ4v) is 2.17. The normalized spacial score (nSPS) is 11.6. The molecule has 0 bridgehead atoms. The number of benzene rings is 1. The van der Waals surface area contributed by atoms with Gasteiger partial charge in [0.15, 0.2) is 11.5 Å². The number of nitrogens with one attached hydrogen (secondary N) is 1. The molecule has 0 aliphatic rings. The highest BCUT2D eigenvalue weighted by molar-refractivity contribution is 5.87. The molecule has 1 rings (SSSR count). The zero-order valence-corrected chi connectivity index (χ0v) is 17.5. The lowest BCUT2D eigenvalue weighted by Gasteiger charge is -2.23. The number of hydrogen-bond acceptors (Lipinski definition) is 5. The van der Waals surface area contributed by atoms with Crippen LogP contribution in [-0.2, 0) is 20.7 Å². The molecule has 6 nitrogen and oxygen atoms in total. The summed E-state index contributed by atoms with van der Waals surface area (Å²) in [5.74, 6) is 0.494. The molecule has 0 aliphatic heterocycles. The molecular weight excluding hydrogens is 334 g/mol. The number of carbonyl (C=O) groups excluding carboxylic acids is 2. The van der Waals surface area contributed by atoms with Crippen molar-refractivity contribution in [2.45, 2.75) is 54.0 Å². The van der Waals surface area contributed by atoms with Gasteiger partial charge in [0.2, 0.25) is 5.91 Å². The lowest BCUT2D eigenvalue weighted by molar-refractivity contribution is -0.146. The second kappa shape index (κ2) is 10.7. The largest absolute Gasteiger partial charge is 0.493 e. The Kier molecular flexibility index (Phi) is 9.76. The smallest absolute Gasteiger partial charge is 0.328 e. The fraction of sp³-hybridized carbons (Fsp3) is 0.600. The maximum atomic E-state index is 12.2. The average Bonchev–Trinajstić information content (AvgIpc) is 2.62. The van der Waals surface area contributed by atoms with Crippen LogP contribution < -0.4 is 14.8 Å². The summed E-state index contributed by atoms with van der Waals surface area (Å²) in [5.41, 5.74) is 1.21. The lowest BCUT2D eigenvalue weighted by atomic mass is 9.94. The lowest BCUT2D eigenvalue weighted by Crippen LogP contribution is -2.47. The van der Waals surface area contributed by atoms with E-state index < -0.39 is 17.4 Å². The third-order valence-electron chi connectivity index (χ3n) is 3.74. The van der Waals surface area contributed by atoms with Crippen molar-refractivity contribution in [2.24, 2.45) is 5.41 Å². The molecule has 1 aromatic carbocycles. The summed E-state index contributed by atoms with van der Waals surface area (Å²) in [7, 11) is 4.42. The molecule has 26 heavy (non-hydrogen) atoms. The summed E-state index contributed by atoms with van der Waals surface area (Å²) in [4.78, 5) is 24.3. The maximum absolute atomic E-state index is 12.2. The molecule has 0 aliphatic carbocycles. The summed E-state index contributed by atoms with van der Waals surface area (Å²) < 4.78 is 15.4. The molecule has 0 saturated heterocycles. The highest BCUT2D eigenvalue weighted by Crippen LogP contribution is 2.31. The molecule has 1 unspecified atom stereocenters. The number of ether oxygens (including phenoxy) is 3. The molecule has 0 spiro atoms. The minimum atomic E-state index is -0.765. The van der Waals surface area contributed by atoms with Crippen LogP contribution in [0.15, 0.2) is 12.1 Å². The Labute approximate surface area is 157 Å². The van der Waals surface area contributed by atoms with E-state index in [1.807, 2.05) is 32.9 Å². The Balaban J connectivity index is 0.00000301. The van der Waals surface area contributed by atoms with Crippen molar-refractivity contribution >= 4 is 11.9 Å². The van der Waals surface area contributed by atoms with Gasteiger partial charge in [0, 0.05) is 11.8 Å². The van der Waals surface area contributed by atoms with Crippen molar-refractivity contribution < 1.29 is 23.8 Å². The number of methoxy groups -OCH3 is 3. The topological polar surface area (TPSA) is 73.9 Å². The van der Waals surface area contributed by atoms with E-state index in [9.17, 15) is 9.59 Å². The SMILES string of the molecule is CC.COC(=O)C(Cc1cc(OC)c(OC)cc1C)NC(=O)C(C)(C)C. The van der Waals surface area contributed by atoms with Crippen LogP contribution in [0.25, 0.3) is 0 Å². The Bertz CT molecular complexity index is 605. The second-order valence-electron chi connectivity index (χ2n) is 6.64. The van der Waals surface area contributed by atoms with Crippen LogP contribution in [-0.4, -0.2) is 39.2 Å². The number of aryl methyl sites for hydroxylation is 1. The number of esters is 1. The first-order valence-electron chi connectivity index (χ1n) is 8.74. The third kappa shape index (κ3) is 6.58. The predicted molar refractivity (Wildman–Crippen MR) is 103 cm³/mol. The number of carbonyl (C=O) groups is 2. The van der Waals surface area contributed by atoms with Crippen molar-refractivity contribution in [1.82, 2.24) is 5.32 Å². The van der Waals surface area contributed by atoms with Crippen molar-refractivity contribution in [3.8, 4) is 11.5 Å². The zero-order chi connectivity index (χ0) is 20.5. The van der Waals surface area contributed by atoms with E-state index in [1.165, 1.54) is 7.11 Å². The molecule has 1 aromatic rings. The Morgan fingerprint density at radius 1 is 1.04 bits per heavy atom. The second-order valence-corrected chi connectivity index (χ2v) is 6.64. The highest BCUT2D eigenvalue weighted by atomic mass is 16.5. The van der Waals surface area contributed by atoms with Crippen molar-refractivity contribution in [3.63, 3.8) is 0 Å². The maximum Gasteiger partial charge on any atom is 0.328 e. The van der Waals surface area contributed by atoms with Crippen LogP contribution in [0.2, 0.25) is 0 Å². The molecule has 0 fully saturated rings. The van der Waals surface area contributed by atoms with Crippen LogP contribution in [0.1, 0.15) is 45.7 Å². The van der Waals surface area contributed by atoms with Crippen LogP contribution in [0.4, 0.5) is 0 Å². The zero-order valence-electron chi connectivity index (χ0n) is 17.5. The van der Waals surface area contributed by atoms with Crippen molar-refractivity contribution in [1.29, 1.82) is 0 Å². The minimum absolute atomic E-state index is 0.212. The van der Waals surface area contributed by atoms with E-state index in [4.69, 9.17) is 14.2 Å². The Morgan fingerprint density at radius 3 is 1.96 bits per heavy atom. The molecule has 6 heteroatoms. The molecule has 0 aromatic heterocycles. The van der Waals surface area contributed by atoms with Gasteiger partial charge < -0.3 is 19.5 Å². The average molecular weight is 367 g/mol. The monoisotopic (exact) mass is 367 g/mol. The Morgan fingerprint density at radius 2 is 1.54 bits per heavy atom. The van der Waals surface area contributed by atoms with E-state index in [0.29, 0.717) is 17.9 Å². The first-order valence-corrected chi connectivity index (χ1v) is 8.74. The summed E-state index contributed by atoms with van der Waals surface area (Å²) in [6.07, 6.45) is 0.306. The van der Waals surface area contributed by atoms with Gasteiger partial charge in [0.25, 0.3) is 0 Å². The van der Waals surface area contributed by atoms with Gasteiger partial charge in [-0.15, -0.1) is 0 Å². The van der Waals surface area contributed by atoms with Crippen LogP contribution in [0.5, 0.6) is 11.5 Å². The van der Waals surface area contributed by atoms with E-state index in [0.717, 1.165) is 11.1 Å². The summed E-state index contributed by atoms with van der Waals surface area (Å²) in [5, 5.41) is 2.76. The van der Waals surface area contributed by atoms with Gasteiger partial charge in [-0.2, -0.15) is 0 Å². The van der Waals surface area contributed by atoms with Gasteiger partial charge in [-0.25, -0.2) is 4.79 Å². The van der Waals surface area contributed by atoms with Crippen molar-refractivity contribution in [3.05, 3.63) is 23.3 Å². The summed E-state index contributed by atoms with van der Waals surface area (Å²) in [6, 6.07) is 2.89. The summed E-state index contributed by atoms with van der Waals surface area (Å²) in [6.45, 7) is 11.3. The summed E-state index contributed by atoms with van der Waals surface area (Å²) >= 11 is 0. The number of rotatable bonds is 6. The number of amides is 1. The van der Waals surface area contributed by atoms with E-state index in [1.54, 1.807) is 35.0 Å². The molecular formula is C20H33NO5.